The molecule has 8 nitrogen and oxygen atoms in total. The maximum atomic E-state index is 12.4. The summed E-state index contributed by atoms with van der Waals surface area (Å²) in [7, 11) is -1.27. The highest BCUT2D eigenvalue weighted by molar-refractivity contribution is 7.89. The quantitative estimate of drug-likeness (QED) is 0.746. The maximum Gasteiger partial charge on any atom is 0.490 e. The Morgan fingerprint density at radius 1 is 1.20 bits per heavy atom. The van der Waals surface area contributed by atoms with Crippen molar-refractivity contribution in [2.24, 2.45) is 0 Å². The van der Waals surface area contributed by atoms with Crippen LogP contribution in [-0.4, -0.2) is 85.3 Å². The molecule has 1 amide bonds. The molecule has 0 saturated carbocycles. The van der Waals surface area contributed by atoms with Gasteiger partial charge in [0.05, 0.1) is 17.8 Å². The molecule has 1 aromatic rings. The number of alkyl halides is 3. The number of amides is 1. The fourth-order valence-corrected chi connectivity index (χ4v) is 4.65. The lowest BCUT2D eigenvalue weighted by atomic mass is 9.92. The fraction of sp³-hybridized carbons (Fsp3) is 0.556. The van der Waals surface area contributed by atoms with E-state index in [4.69, 9.17) is 9.90 Å². The molecule has 1 N–H and O–H groups in total. The molecule has 2 aliphatic rings. The number of aliphatic carboxylic acids is 1. The molecule has 1 unspecified atom stereocenters. The van der Waals surface area contributed by atoms with Crippen LogP contribution in [0.2, 0.25) is 0 Å². The first kappa shape index (κ1) is 24.1. The molecule has 3 rings (SSSR count). The minimum absolute atomic E-state index is 0.0566. The van der Waals surface area contributed by atoms with Crippen LogP contribution in [0.3, 0.4) is 0 Å². The summed E-state index contributed by atoms with van der Waals surface area (Å²) in [6.07, 6.45) is -4.33. The lowest BCUT2D eigenvalue weighted by Crippen LogP contribution is -2.64. The Bertz CT molecular complexity index is 879. The second-order valence-corrected chi connectivity index (χ2v) is 9.44. The van der Waals surface area contributed by atoms with E-state index >= 15 is 0 Å². The van der Waals surface area contributed by atoms with Gasteiger partial charge in [0.25, 0.3) is 0 Å². The zero-order chi connectivity index (χ0) is 22.7. The van der Waals surface area contributed by atoms with Crippen molar-refractivity contribution in [3.05, 3.63) is 30.3 Å². The van der Waals surface area contributed by atoms with Crippen LogP contribution in [0.4, 0.5) is 18.9 Å². The van der Waals surface area contributed by atoms with Gasteiger partial charge in [0.15, 0.2) is 0 Å². The molecule has 2 heterocycles. The molecule has 0 radical (unpaired) electrons. The Balaban J connectivity index is 0.000000396. The van der Waals surface area contributed by atoms with Crippen LogP contribution in [0, 0.1) is 0 Å². The first-order valence-electron chi connectivity index (χ1n) is 9.17. The summed E-state index contributed by atoms with van der Waals surface area (Å²) >= 11 is 0. The van der Waals surface area contributed by atoms with E-state index in [0.29, 0.717) is 26.2 Å². The van der Waals surface area contributed by atoms with E-state index in [9.17, 15) is 26.4 Å². The average molecular weight is 451 g/mol. The fourth-order valence-electron chi connectivity index (χ4n) is 3.48. The highest BCUT2D eigenvalue weighted by Gasteiger charge is 2.49. The molecular formula is C18H24F3N3O5S. The molecule has 0 bridgehead atoms. The summed E-state index contributed by atoms with van der Waals surface area (Å²) in [5.74, 6) is -2.58. The van der Waals surface area contributed by atoms with Gasteiger partial charge in [0.1, 0.15) is 0 Å². The van der Waals surface area contributed by atoms with Crippen molar-refractivity contribution < 1.29 is 36.3 Å². The van der Waals surface area contributed by atoms with Crippen LogP contribution in [0.5, 0.6) is 0 Å². The SMILES string of the molecule is CCS(=O)(=O)N1CCC2(CN(c3ccccc3)C(=O)CN2C)C1.O=C(O)C(F)(F)F. The summed E-state index contributed by atoms with van der Waals surface area (Å²) in [4.78, 5) is 25.1. The van der Waals surface area contributed by atoms with Crippen LogP contribution in [0.1, 0.15) is 13.3 Å². The smallest absolute Gasteiger partial charge is 0.475 e. The monoisotopic (exact) mass is 451 g/mol. The third-order valence-electron chi connectivity index (χ3n) is 5.30. The summed E-state index contributed by atoms with van der Waals surface area (Å²) in [6.45, 7) is 3.50. The molecule has 30 heavy (non-hydrogen) atoms. The van der Waals surface area contributed by atoms with Crippen molar-refractivity contribution in [2.75, 3.05) is 43.9 Å². The Kier molecular flexibility index (Phi) is 7.15. The molecule has 12 heteroatoms. The topological polar surface area (TPSA) is 98.2 Å². The van der Waals surface area contributed by atoms with Crippen molar-refractivity contribution in [3.63, 3.8) is 0 Å². The second-order valence-electron chi connectivity index (χ2n) is 7.18. The summed E-state index contributed by atoms with van der Waals surface area (Å²) < 4.78 is 57.7. The maximum absolute atomic E-state index is 12.4. The van der Waals surface area contributed by atoms with E-state index in [-0.39, 0.29) is 17.2 Å². The van der Waals surface area contributed by atoms with Crippen LogP contribution >= 0.6 is 0 Å². The van der Waals surface area contributed by atoms with Crippen molar-refractivity contribution in [3.8, 4) is 0 Å². The van der Waals surface area contributed by atoms with Crippen LogP contribution in [0.25, 0.3) is 0 Å². The van der Waals surface area contributed by atoms with Crippen LogP contribution < -0.4 is 4.90 Å². The molecule has 168 valence electrons. The van der Waals surface area contributed by atoms with E-state index in [1.54, 1.807) is 16.1 Å². The standard InChI is InChI=1S/C16H23N3O3S.C2HF3O2/c1-3-23(21,22)18-10-9-16(12-18)13-19(15(20)11-17(16)2)14-7-5-4-6-8-14;3-2(4,5)1(6)7/h4-8H,3,9-13H2,1-2H3;(H,6,7). The Hall–Kier alpha value is -2.18. The molecular weight excluding hydrogens is 427 g/mol. The van der Waals surface area contributed by atoms with Gasteiger partial charge in [-0.05, 0) is 32.5 Å². The number of piperazine rings is 1. The highest BCUT2D eigenvalue weighted by atomic mass is 32.2. The molecule has 1 atom stereocenters. The molecule has 2 saturated heterocycles. The average Bonchev–Trinajstić information content (AvgIpc) is 3.11. The van der Waals surface area contributed by atoms with Crippen molar-refractivity contribution in [2.45, 2.75) is 25.1 Å². The van der Waals surface area contributed by atoms with Crippen molar-refractivity contribution in [1.82, 2.24) is 9.21 Å². The van der Waals surface area contributed by atoms with Gasteiger partial charge >= 0.3 is 12.1 Å². The Labute approximate surface area is 172 Å². The van der Waals surface area contributed by atoms with Gasteiger partial charge in [-0.1, -0.05) is 18.2 Å². The van der Waals surface area contributed by atoms with Crippen molar-refractivity contribution in [1.29, 1.82) is 0 Å². The Morgan fingerprint density at radius 3 is 2.27 bits per heavy atom. The lowest BCUT2D eigenvalue weighted by Gasteiger charge is -2.46. The predicted octanol–water partition coefficient (Wildman–Crippen LogP) is 1.39. The van der Waals surface area contributed by atoms with Gasteiger partial charge in [-0.2, -0.15) is 17.5 Å². The van der Waals surface area contributed by atoms with E-state index in [0.717, 1.165) is 12.1 Å². The molecule has 1 spiro atoms. The number of carboxylic acids is 1. The van der Waals surface area contributed by atoms with Gasteiger partial charge < -0.3 is 10.0 Å². The number of likely N-dealkylation sites (N-methyl/N-ethyl adjacent to an activating group) is 1. The number of nitrogens with zero attached hydrogens (tertiary/aromatic N) is 3. The predicted molar refractivity (Wildman–Crippen MR) is 103 cm³/mol. The van der Waals surface area contributed by atoms with Gasteiger partial charge in [0.2, 0.25) is 15.9 Å². The number of hydrogen-bond donors (Lipinski definition) is 1. The van der Waals surface area contributed by atoms with E-state index in [1.807, 2.05) is 42.3 Å². The largest absolute Gasteiger partial charge is 0.490 e. The van der Waals surface area contributed by atoms with Gasteiger partial charge in [-0.15, -0.1) is 0 Å². The van der Waals surface area contributed by atoms with Crippen LogP contribution in [-0.2, 0) is 19.6 Å². The minimum Gasteiger partial charge on any atom is -0.475 e. The van der Waals surface area contributed by atoms with Crippen molar-refractivity contribution >= 4 is 27.6 Å². The third-order valence-corrected chi connectivity index (χ3v) is 7.13. The third kappa shape index (κ3) is 5.29. The molecule has 2 fully saturated rings. The molecule has 1 aromatic carbocycles. The van der Waals surface area contributed by atoms with Gasteiger partial charge in [0, 0.05) is 25.3 Å². The van der Waals surface area contributed by atoms with E-state index in [2.05, 4.69) is 0 Å². The summed E-state index contributed by atoms with van der Waals surface area (Å²) in [6, 6.07) is 9.59. The number of carboxylic acid groups (broad SMARTS) is 1. The lowest BCUT2D eigenvalue weighted by molar-refractivity contribution is -0.192. The zero-order valence-corrected chi connectivity index (χ0v) is 17.4. The van der Waals surface area contributed by atoms with Crippen LogP contribution in [0.15, 0.2) is 30.3 Å². The van der Waals surface area contributed by atoms with Gasteiger partial charge in [-0.25, -0.2) is 13.2 Å². The number of anilines is 1. The second kappa shape index (κ2) is 8.90. The number of hydrogen-bond acceptors (Lipinski definition) is 5. The highest BCUT2D eigenvalue weighted by Crippen LogP contribution is 2.34. The van der Waals surface area contributed by atoms with E-state index in [1.165, 1.54) is 0 Å². The number of benzene rings is 1. The normalized spacial score (nSPS) is 23.4. The summed E-state index contributed by atoms with van der Waals surface area (Å²) in [5, 5.41) is 7.12. The number of para-hydroxylation sites is 1. The van der Waals surface area contributed by atoms with Gasteiger partial charge in [-0.3, -0.25) is 9.69 Å². The first-order valence-corrected chi connectivity index (χ1v) is 10.8. The zero-order valence-electron chi connectivity index (χ0n) is 16.6. The molecule has 0 aliphatic carbocycles. The Morgan fingerprint density at radius 2 is 1.77 bits per heavy atom. The minimum atomic E-state index is -5.08. The number of rotatable bonds is 3. The number of carbonyl (C=O) groups is 2. The molecule has 2 aliphatic heterocycles. The number of carbonyl (C=O) groups excluding carboxylic acids is 1. The number of halogens is 3. The summed E-state index contributed by atoms with van der Waals surface area (Å²) in [5.41, 5.74) is 0.577. The number of sulfonamides is 1. The molecule has 0 aromatic heterocycles. The first-order chi connectivity index (χ1) is 13.8. The van der Waals surface area contributed by atoms with E-state index < -0.39 is 22.2 Å².